The van der Waals surface area contributed by atoms with Gasteiger partial charge in [-0.1, -0.05) is 39.0 Å². The van der Waals surface area contributed by atoms with Crippen molar-refractivity contribution < 1.29 is 4.74 Å². The van der Waals surface area contributed by atoms with E-state index in [1.165, 1.54) is 5.56 Å². The molecule has 0 bridgehead atoms. The number of halogens is 1. The minimum absolute atomic E-state index is 0.183. The van der Waals surface area contributed by atoms with Crippen LogP contribution in [0.5, 0.6) is 5.75 Å². The van der Waals surface area contributed by atoms with Crippen LogP contribution in [0.4, 0.5) is 0 Å². The van der Waals surface area contributed by atoms with Crippen LogP contribution in [0.15, 0.2) is 24.3 Å². The molecule has 0 aliphatic rings. The highest BCUT2D eigenvalue weighted by molar-refractivity contribution is 6.21. The van der Waals surface area contributed by atoms with E-state index in [9.17, 15) is 0 Å². The van der Waals surface area contributed by atoms with Gasteiger partial charge in [-0.3, -0.25) is 0 Å². The molecule has 1 aromatic rings. The van der Waals surface area contributed by atoms with Crippen molar-refractivity contribution in [3.8, 4) is 5.75 Å². The topological polar surface area (TPSA) is 9.23 Å². The van der Waals surface area contributed by atoms with Crippen LogP contribution in [0.1, 0.15) is 39.2 Å². The number of benzene rings is 1. The normalized spacial score (nSPS) is 13.5. The third kappa shape index (κ3) is 4.59. The van der Waals surface area contributed by atoms with Crippen molar-refractivity contribution in [3.63, 3.8) is 0 Å². The highest BCUT2D eigenvalue weighted by Crippen LogP contribution is 2.29. The summed E-state index contributed by atoms with van der Waals surface area (Å²) in [7, 11) is 1.72. The Morgan fingerprint density at radius 1 is 1.24 bits per heavy atom. The first kappa shape index (κ1) is 14.4. The zero-order valence-electron chi connectivity index (χ0n) is 11.3. The first-order valence-corrected chi connectivity index (χ1v) is 6.64. The number of hydrogen-bond acceptors (Lipinski definition) is 1. The molecule has 1 atom stereocenters. The van der Waals surface area contributed by atoms with Crippen molar-refractivity contribution in [2.45, 2.75) is 45.4 Å². The Morgan fingerprint density at radius 2 is 1.88 bits per heavy atom. The first-order chi connectivity index (χ1) is 7.95. The van der Waals surface area contributed by atoms with E-state index in [1.807, 2.05) is 12.1 Å². The SMILES string of the molecule is COc1ccccc1CCCC(Cl)C(C)(C)C. The van der Waals surface area contributed by atoms with Crippen molar-refractivity contribution >= 4 is 11.6 Å². The van der Waals surface area contributed by atoms with Gasteiger partial charge in [0.05, 0.1) is 7.11 Å². The minimum atomic E-state index is 0.183. The van der Waals surface area contributed by atoms with Gasteiger partial charge >= 0.3 is 0 Å². The van der Waals surface area contributed by atoms with Crippen LogP contribution in [-0.2, 0) is 6.42 Å². The number of alkyl halides is 1. The van der Waals surface area contributed by atoms with E-state index in [2.05, 4.69) is 32.9 Å². The second kappa shape index (κ2) is 6.30. The summed E-state index contributed by atoms with van der Waals surface area (Å²) < 4.78 is 5.34. The number of ether oxygens (including phenoxy) is 1. The molecule has 1 rings (SSSR count). The molecule has 1 aromatic carbocycles. The van der Waals surface area contributed by atoms with Gasteiger partial charge in [-0.15, -0.1) is 11.6 Å². The molecule has 0 amide bonds. The predicted octanol–water partition coefficient (Wildman–Crippen LogP) is 4.67. The summed E-state index contributed by atoms with van der Waals surface area (Å²) in [4.78, 5) is 0. The molecular weight excluding hydrogens is 232 g/mol. The Balaban J connectivity index is 2.46. The maximum absolute atomic E-state index is 6.37. The van der Waals surface area contributed by atoms with E-state index >= 15 is 0 Å². The summed E-state index contributed by atoms with van der Waals surface area (Å²) in [6, 6.07) is 8.19. The van der Waals surface area contributed by atoms with Crippen molar-refractivity contribution in [2.75, 3.05) is 7.11 Å². The molecule has 2 heteroatoms. The lowest BCUT2D eigenvalue weighted by Crippen LogP contribution is -2.20. The molecule has 1 nitrogen and oxygen atoms in total. The zero-order chi connectivity index (χ0) is 12.9. The molecule has 0 N–H and O–H groups in total. The van der Waals surface area contributed by atoms with Crippen LogP contribution in [0.25, 0.3) is 0 Å². The molecule has 0 saturated heterocycles. The Labute approximate surface area is 110 Å². The minimum Gasteiger partial charge on any atom is -0.496 e. The Morgan fingerprint density at radius 3 is 2.47 bits per heavy atom. The lowest BCUT2D eigenvalue weighted by atomic mass is 9.88. The van der Waals surface area contributed by atoms with Gasteiger partial charge in [-0.05, 0) is 36.3 Å². The summed E-state index contributed by atoms with van der Waals surface area (Å²) in [5.41, 5.74) is 1.45. The summed E-state index contributed by atoms with van der Waals surface area (Å²) in [6.45, 7) is 6.56. The standard InChI is InChI=1S/C15H23ClO/c1-15(2,3)14(16)11-7-9-12-8-5-6-10-13(12)17-4/h5-6,8,10,14H,7,9,11H2,1-4H3. The monoisotopic (exact) mass is 254 g/mol. The van der Waals surface area contributed by atoms with Crippen LogP contribution in [0, 0.1) is 5.41 Å². The molecule has 96 valence electrons. The number of hydrogen-bond donors (Lipinski definition) is 0. The number of aryl methyl sites for hydroxylation is 1. The van der Waals surface area contributed by atoms with Crippen LogP contribution in [0.2, 0.25) is 0 Å². The molecule has 0 heterocycles. The van der Waals surface area contributed by atoms with E-state index in [1.54, 1.807) is 7.11 Å². The average Bonchev–Trinajstić information content (AvgIpc) is 2.28. The number of para-hydroxylation sites is 1. The Hall–Kier alpha value is -0.690. The molecule has 0 radical (unpaired) electrons. The fourth-order valence-corrected chi connectivity index (χ4v) is 1.97. The van der Waals surface area contributed by atoms with E-state index in [0.717, 1.165) is 25.0 Å². The van der Waals surface area contributed by atoms with Crippen LogP contribution in [0.3, 0.4) is 0 Å². The van der Waals surface area contributed by atoms with Gasteiger partial charge in [0.15, 0.2) is 0 Å². The first-order valence-electron chi connectivity index (χ1n) is 6.21. The molecule has 0 aliphatic carbocycles. The fraction of sp³-hybridized carbons (Fsp3) is 0.600. The van der Waals surface area contributed by atoms with Crippen molar-refractivity contribution in [3.05, 3.63) is 29.8 Å². The van der Waals surface area contributed by atoms with E-state index < -0.39 is 0 Å². The molecule has 0 fully saturated rings. The van der Waals surface area contributed by atoms with Crippen molar-refractivity contribution in [1.29, 1.82) is 0 Å². The summed E-state index contributed by atoms with van der Waals surface area (Å²) >= 11 is 6.37. The van der Waals surface area contributed by atoms with E-state index in [-0.39, 0.29) is 10.8 Å². The second-order valence-corrected chi connectivity index (χ2v) is 6.06. The quantitative estimate of drug-likeness (QED) is 0.694. The molecule has 1 unspecified atom stereocenters. The van der Waals surface area contributed by atoms with E-state index in [4.69, 9.17) is 16.3 Å². The summed E-state index contributed by atoms with van der Waals surface area (Å²) in [5.74, 6) is 0.981. The fourth-order valence-electron chi connectivity index (χ4n) is 1.81. The maximum atomic E-state index is 6.37. The molecule has 0 aliphatic heterocycles. The second-order valence-electron chi connectivity index (χ2n) is 5.54. The molecule has 0 aromatic heterocycles. The highest BCUT2D eigenvalue weighted by Gasteiger charge is 2.21. The van der Waals surface area contributed by atoms with Gasteiger partial charge < -0.3 is 4.74 Å². The van der Waals surface area contributed by atoms with Crippen LogP contribution >= 0.6 is 11.6 Å². The lowest BCUT2D eigenvalue weighted by Gasteiger charge is -2.25. The third-order valence-electron chi connectivity index (χ3n) is 3.04. The van der Waals surface area contributed by atoms with Crippen LogP contribution in [-0.4, -0.2) is 12.5 Å². The van der Waals surface area contributed by atoms with Gasteiger partial charge in [0.25, 0.3) is 0 Å². The average molecular weight is 255 g/mol. The van der Waals surface area contributed by atoms with Gasteiger partial charge in [0.1, 0.15) is 5.75 Å². The van der Waals surface area contributed by atoms with Crippen molar-refractivity contribution in [1.82, 2.24) is 0 Å². The lowest BCUT2D eigenvalue weighted by molar-refractivity contribution is 0.367. The highest BCUT2D eigenvalue weighted by atomic mass is 35.5. The molecule has 0 saturated carbocycles. The molecule has 17 heavy (non-hydrogen) atoms. The number of rotatable bonds is 5. The van der Waals surface area contributed by atoms with Gasteiger partial charge in [-0.2, -0.15) is 0 Å². The summed E-state index contributed by atoms with van der Waals surface area (Å²) in [5, 5.41) is 0.234. The Bertz CT molecular complexity index is 341. The Kier molecular flexibility index (Phi) is 5.32. The molecular formula is C15H23ClO. The maximum Gasteiger partial charge on any atom is 0.122 e. The largest absolute Gasteiger partial charge is 0.496 e. The third-order valence-corrected chi connectivity index (χ3v) is 3.91. The van der Waals surface area contributed by atoms with Crippen molar-refractivity contribution in [2.24, 2.45) is 5.41 Å². The van der Waals surface area contributed by atoms with Gasteiger partial charge in [0, 0.05) is 5.38 Å². The smallest absolute Gasteiger partial charge is 0.122 e. The van der Waals surface area contributed by atoms with E-state index in [0.29, 0.717) is 0 Å². The van der Waals surface area contributed by atoms with Crippen LogP contribution < -0.4 is 4.74 Å². The zero-order valence-corrected chi connectivity index (χ0v) is 12.1. The van der Waals surface area contributed by atoms with Gasteiger partial charge in [0.2, 0.25) is 0 Å². The predicted molar refractivity (Wildman–Crippen MR) is 75.0 cm³/mol. The number of methoxy groups -OCH3 is 1. The summed E-state index contributed by atoms with van der Waals surface area (Å²) in [6.07, 6.45) is 3.18. The molecule has 0 spiro atoms. The van der Waals surface area contributed by atoms with Gasteiger partial charge in [-0.25, -0.2) is 0 Å².